The lowest BCUT2D eigenvalue weighted by Gasteiger charge is -2.18. The number of Topliss-reactive ketones (excluding diaryl/α,β-unsaturated/α-hetero) is 1. The third-order valence-corrected chi connectivity index (χ3v) is 2.65. The Bertz CT molecular complexity index is 650. The predicted molar refractivity (Wildman–Crippen MR) is 78.7 cm³/mol. The first-order valence-electron chi connectivity index (χ1n) is 6.47. The molecule has 122 valence electrons. The molecule has 0 aromatic carbocycles. The van der Waals surface area contributed by atoms with E-state index in [-0.39, 0.29) is 31.1 Å². The van der Waals surface area contributed by atoms with Gasteiger partial charge in [-0.15, -0.1) is 0 Å². The molecule has 1 aromatic rings. The highest BCUT2D eigenvalue weighted by atomic mass is 16.3. The average molecular weight is 314 g/mol. The molecule has 0 radical (unpaired) electrons. The minimum Gasteiger partial charge on any atom is -0.396 e. The Morgan fingerprint density at radius 2 is 2.00 bits per heavy atom. The maximum Gasteiger partial charge on any atom is 0.327 e. The van der Waals surface area contributed by atoms with Crippen molar-refractivity contribution in [2.75, 3.05) is 18.5 Å². The number of hydrogen-bond donors (Lipinski definition) is 6. The largest absolute Gasteiger partial charge is 0.396 e. The van der Waals surface area contributed by atoms with E-state index in [2.05, 4.69) is 15.3 Å². The molecule has 1 aromatic heterocycles. The monoisotopic (exact) mass is 314 g/mol. The van der Waals surface area contributed by atoms with E-state index in [1.165, 1.54) is 6.92 Å². The molecule has 0 aliphatic rings. The number of carbonyl (C=O) groups is 1. The number of H-pyrrole nitrogens is 2. The number of ketones is 1. The number of aromatic nitrogens is 2. The van der Waals surface area contributed by atoms with Crippen LogP contribution >= 0.6 is 0 Å². The van der Waals surface area contributed by atoms with Crippen molar-refractivity contribution in [3.63, 3.8) is 0 Å². The average Bonchev–Trinajstić information content (AvgIpc) is 2.43. The Kier molecular flexibility index (Phi) is 6.63. The van der Waals surface area contributed by atoms with E-state index in [4.69, 9.17) is 5.11 Å². The molecule has 0 amide bonds. The Labute approximate surface area is 124 Å². The summed E-state index contributed by atoms with van der Waals surface area (Å²) in [7, 11) is 0. The molecule has 1 rings (SSSR count). The molecule has 0 fully saturated rings. The number of carbonyl (C=O) groups excluding carboxylic acids is 1. The highest BCUT2D eigenvalue weighted by molar-refractivity contribution is 6.26. The molecule has 0 spiro atoms. The van der Waals surface area contributed by atoms with Gasteiger partial charge in [-0.2, -0.15) is 0 Å². The normalized spacial score (nSPS) is 14.0. The maximum atomic E-state index is 11.7. The van der Waals surface area contributed by atoms with Crippen LogP contribution in [-0.4, -0.2) is 62.6 Å². The molecule has 0 saturated heterocycles. The number of nitrogens with zero attached hydrogens (tertiary/aromatic N) is 1. The van der Waals surface area contributed by atoms with Gasteiger partial charge in [-0.25, -0.2) is 9.79 Å². The summed E-state index contributed by atoms with van der Waals surface area (Å²) in [5, 5.41) is 30.4. The number of nitrogens with one attached hydrogen (secondary N) is 3. The van der Waals surface area contributed by atoms with Crippen molar-refractivity contribution >= 4 is 23.5 Å². The molecule has 10 nitrogen and oxygen atoms in total. The number of aliphatic imine (C=N–C) groups is 1. The summed E-state index contributed by atoms with van der Waals surface area (Å²) in [6, 6.07) is 0. The second-order valence-corrected chi connectivity index (χ2v) is 4.53. The van der Waals surface area contributed by atoms with Crippen LogP contribution in [0, 0.1) is 0 Å². The summed E-state index contributed by atoms with van der Waals surface area (Å²) in [5.41, 5.74) is -1.84. The number of rotatable bonds is 8. The van der Waals surface area contributed by atoms with Crippen LogP contribution in [0.15, 0.2) is 14.6 Å². The number of aromatic amines is 2. The molecule has 0 bridgehead atoms. The van der Waals surface area contributed by atoms with Crippen LogP contribution in [-0.2, 0) is 4.79 Å². The van der Waals surface area contributed by atoms with Gasteiger partial charge in [0.1, 0.15) is 5.82 Å². The number of aliphatic hydroxyl groups excluding tert-OH is 3. The second-order valence-electron chi connectivity index (χ2n) is 4.53. The molecule has 0 aliphatic carbocycles. The van der Waals surface area contributed by atoms with Gasteiger partial charge in [0, 0.05) is 20.1 Å². The van der Waals surface area contributed by atoms with Gasteiger partial charge in [-0.3, -0.25) is 19.6 Å². The van der Waals surface area contributed by atoms with E-state index < -0.39 is 29.2 Å². The van der Waals surface area contributed by atoms with Crippen molar-refractivity contribution in [1.82, 2.24) is 9.97 Å². The summed E-state index contributed by atoms with van der Waals surface area (Å²) in [6.07, 6.45) is -1.52. The highest BCUT2D eigenvalue weighted by Crippen LogP contribution is 2.14. The maximum absolute atomic E-state index is 11.7. The molecule has 0 saturated carbocycles. The van der Waals surface area contributed by atoms with Crippen LogP contribution in [0.3, 0.4) is 0 Å². The van der Waals surface area contributed by atoms with Gasteiger partial charge >= 0.3 is 5.69 Å². The topological polar surface area (TPSA) is 168 Å². The Balaban J connectivity index is 2.96. The van der Waals surface area contributed by atoms with E-state index >= 15 is 0 Å². The van der Waals surface area contributed by atoms with E-state index in [9.17, 15) is 24.6 Å². The summed E-state index contributed by atoms with van der Waals surface area (Å²) in [6.45, 7) is 0.739. The SMILES string of the molecule is CC(=O)C=Nc1c(NC[C@H](O)[C@H](O)CCO)[nH]c(=O)[nH]c1=O. The van der Waals surface area contributed by atoms with Crippen molar-refractivity contribution < 1.29 is 20.1 Å². The summed E-state index contributed by atoms with van der Waals surface area (Å²) < 4.78 is 0. The second kappa shape index (κ2) is 8.22. The molecular formula is C12H18N4O6. The van der Waals surface area contributed by atoms with Gasteiger partial charge in [0.25, 0.3) is 5.56 Å². The van der Waals surface area contributed by atoms with Crippen LogP contribution in [0.5, 0.6) is 0 Å². The smallest absolute Gasteiger partial charge is 0.327 e. The van der Waals surface area contributed by atoms with Gasteiger partial charge in [0.15, 0.2) is 11.5 Å². The molecule has 10 heteroatoms. The van der Waals surface area contributed by atoms with Gasteiger partial charge in [-0.05, 0) is 6.42 Å². The minimum atomic E-state index is -1.24. The van der Waals surface area contributed by atoms with E-state index in [1.54, 1.807) is 0 Å². The quantitative estimate of drug-likeness (QED) is 0.298. The van der Waals surface area contributed by atoms with Crippen molar-refractivity contribution in [2.45, 2.75) is 25.6 Å². The van der Waals surface area contributed by atoms with Crippen LogP contribution in [0.1, 0.15) is 13.3 Å². The summed E-state index contributed by atoms with van der Waals surface area (Å²) >= 11 is 0. The highest BCUT2D eigenvalue weighted by Gasteiger charge is 2.17. The lowest BCUT2D eigenvalue weighted by Crippen LogP contribution is -2.34. The number of aliphatic hydroxyl groups is 3. The first-order valence-corrected chi connectivity index (χ1v) is 6.47. The molecule has 0 unspecified atom stereocenters. The zero-order chi connectivity index (χ0) is 16.7. The predicted octanol–water partition coefficient (Wildman–Crippen LogP) is -2.13. The van der Waals surface area contributed by atoms with Crippen LogP contribution < -0.4 is 16.6 Å². The Hall–Kier alpha value is -2.30. The Morgan fingerprint density at radius 1 is 1.32 bits per heavy atom. The molecular weight excluding hydrogens is 296 g/mol. The standard InChI is InChI=1S/C12H18N4O6/c1-6(18)4-13-9-10(15-12(22)16-11(9)21)14-5-8(20)7(19)2-3-17/h4,7-8,17,19-20H,2-3,5H2,1H3,(H3,14,15,16,21,22)/t7-,8+/m1/s1. The number of hydrogen-bond acceptors (Lipinski definition) is 8. The molecule has 6 N–H and O–H groups in total. The van der Waals surface area contributed by atoms with Crippen molar-refractivity contribution in [2.24, 2.45) is 4.99 Å². The molecule has 1 heterocycles. The minimum absolute atomic E-state index is 0.0237. The Morgan fingerprint density at radius 3 is 2.59 bits per heavy atom. The van der Waals surface area contributed by atoms with Crippen molar-refractivity contribution in [1.29, 1.82) is 0 Å². The summed E-state index contributed by atoms with van der Waals surface area (Å²) in [5.74, 6) is -0.489. The van der Waals surface area contributed by atoms with Crippen LogP contribution in [0.25, 0.3) is 0 Å². The van der Waals surface area contributed by atoms with Crippen molar-refractivity contribution in [3.8, 4) is 0 Å². The van der Waals surface area contributed by atoms with Gasteiger partial charge in [0.2, 0.25) is 0 Å². The van der Waals surface area contributed by atoms with Gasteiger partial charge < -0.3 is 20.6 Å². The first-order chi connectivity index (χ1) is 10.3. The van der Waals surface area contributed by atoms with Gasteiger partial charge in [0.05, 0.1) is 18.4 Å². The zero-order valence-corrected chi connectivity index (χ0v) is 11.9. The zero-order valence-electron chi connectivity index (χ0n) is 11.9. The van der Waals surface area contributed by atoms with Crippen LogP contribution in [0.2, 0.25) is 0 Å². The lowest BCUT2D eigenvalue weighted by atomic mass is 10.1. The van der Waals surface area contributed by atoms with E-state index in [1.807, 2.05) is 4.98 Å². The third kappa shape index (κ3) is 5.24. The lowest BCUT2D eigenvalue weighted by molar-refractivity contribution is -0.110. The van der Waals surface area contributed by atoms with Crippen LogP contribution in [0.4, 0.5) is 11.5 Å². The third-order valence-electron chi connectivity index (χ3n) is 2.65. The molecule has 22 heavy (non-hydrogen) atoms. The fourth-order valence-electron chi connectivity index (χ4n) is 1.55. The molecule has 2 atom stereocenters. The fraction of sp³-hybridized carbons (Fsp3) is 0.500. The van der Waals surface area contributed by atoms with Gasteiger partial charge in [-0.1, -0.05) is 0 Å². The first kappa shape index (κ1) is 17.8. The van der Waals surface area contributed by atoms with E-state index in [0.717, 1.165) is 6.21 Å². The fourth-order valence-corrected chi connectivity index (χ4v) is 1.55. The van der Waals surface area contributed by atoms with Crippen molar-refractivity contribution in [3.05, 3.63) is 20.8 Å². The number of anilines is 1. The molecule has 0 aliphatic heterocycles. The summed E-state index contributed by atoms with van der Waals surface area (Å²) in [4.78, 5) is 41.7. The van der Waals surface area contributed by atoms with E-state index in [0.29, 0.717) is 0 Å².